The fourth-order valence-corrected chi connectivity index (χ4v) is 4.61. The Morgan fingerprint density at radius 1 is 1.16 bits per heavy atom. The standard InChI is InChI=1S/C26H29F3N6O8S/c1-17-7-9-19(10-8-17)22-16-23(26(27,28)29)30-34(22)20-11-13-21(14-12-20)44(39,40)31-24(36)6-5-15-33(3)35(38)32-43-18(2)42-25(37)41-4/h7-14,16,18H,5-6,15H2,1-4H3,(H,31,36). The van der Waals surface area contributed by atoms with Crippen LogP contribution in [0, 0.1) is 12.1 Å². The third kappa shape index (κ3) is 9.06. The summed E-state index contributed by atoms with van der Waals surface area (Å²) >= 11 is 0. The molecule has 3 aromatic rings. The summed E-state index contributed by atoms with van der Waals surface area (Å²) in [5, 5.41) is 19.8. The number of aromatic nitrogens is 2. The molecular weight excluding hydrogens is 613 g/mol. The van der Waals surface area contributed by atoms with Crippen LogP contribution in [0.4, 0.5) is 18.0 Å². The number of methoxy groups -OCH3 is 1. The number of aryl methyl sites for hydroxylation is 1. The minimum Gasteiger partial charge on any atom is -0.569 e. The van der Waals surface area contributed by atoms with Crippen LogP contribution in [0.2, 0.25) is 0 Å². The van der Waals surface area contributed by atoms with Crippen molar-refractivity contribution in [3.05, 3.63) is 71.1 Å². The summed E-state index contributed by atoms with van der Waals surface area (Å²) < 4.78 is 77.7. The van der Waals surface area contributed by atoms with Gasteiger partial charge in [0.2, 0.25) is 11.2 Å². The molecule has 0 aliphatic rings. The minimum absolute atomic E-state index is 0.0299. The molecule has 0 bridgehead atoms. The van der Waals surface area contributed by atoms with Crippen molar-refractivity contribution in [3.63, 3.8) is 0 Å². The van der Waals surface area contributed by atoms with Crippen molar-refractivity contribution < 1.29 is 50.5 Å². The first-order valence-electron chi connectivity index (χ1n) is 12.8. The van der Waals surface area contributed by atoms with Gasteiger partial charge in [0.05, 0.1) is 41.9 Å². The Kier molecular flexibility index (Phi) is 10.8. The summed E-state index contributed by atoms with van der Waals surface area (Å²) in [6, 6.07) is 12.5. The maximum Gasteiger partial charge on any atom is 0.511 e. The van der Waals surface area contributed by atoms with E-state index < -0.39 is 40.2 Å². The molecule has 0 spiro atoms. The second-order valence-electron chi connectivity index (χ2n) is 9.28. The highest BCUT2D eigenvalue weighted by molar-refractivity contribution is 7.90. The van der Waals surface area contributed by atoms with Crippen molar-refractivity contribution >= 4 is 22.1 Å². The van der Waals surface area contributed by atoms with Gasteiger partial charge in [-0.2, -0.15) is 18.3 Å². The number of rotatable bonds is 12. The molecule has 0 saturated heterocycles. The smallest absolute Gasteiger partial charge is 0.511 e. The number of sulfonamides is 1. The van der Waals surface area contributed by atoms with E-state index in [9.17, 15) is 36.4 Å². The number of carbonyl (C=O) groups is 2. The summed E-state index contributed by atoms with van der Waals surface area (Å²) in [5.41, 5.74) is 0.562. The van der Waals surface area contributed by atoms with Crippen molar-refractivity contribution in [2.24, 2.45) is 5.28 Å². The van der Waals surface area contributed by atoms with Gasteiger partial charge in [0.25, 0.3) is 16.3 Å². The molecule has 0 saturated carbocycles. The number of alkyl halides is 3. The van der Waals surface area contributed by atoms with Gasteiger partial charge >= 0.3 is 12.3 Å². The van der Waals surface area contributed by atoms with Crippen molar-refractivity contribution in [1.82, 2.24) is 19.5 Å². The van der Waals surface area contributed by atoms with Gasteiger partial charge in [-0.1, -0.05) is 29.8 Å². The molecule has 1 amide bonds. The monoisotopic (exact) mass is 642 g/mol. The number of hydrogen-bond acceptors (Lipinski definition) is 10. The number of ether oxygens (including phenoxy) is 2. The van der Waals surface area contributed by atoms with Crippen LogP contribution < -0.4 is 4.72 Å². The number of nitrogens with zero attached hydrogens (tertiary/aromatic N) is 5. The number of halogens is 3. The molecule has 3 rings (SSSR count). The molecule has 1 unspecified atom stereocenters. The molecule has 0 fully saturated rings. The Hall–Kier alpha value is -4.87. The van der Waals surface area contributed by atoms with Crippen LogP contribution in [0.5, 0.6) is 0 Å². The van der Waals surface area contributed by atoms with Gasteiger partial charge in [-0.3, -0.25) is 9.63 Å². The number of hydrogen-bond donors (Lipinski definition) is 1. The van der Waals surface area contributed by atoms with E-state index in [-0.39, 0.29) is 40.6 Å². The molecule has 2 aromatic carbocycles. The Morgan fingerprint density at radius 3 is 2.39 bits per heavy atom. The number of carbonyl (C=O) groups excluding carboxylic acids is 2. The predicted molar refractivity (Wildman–Crippen MR) is 146 cm³/mol. The number of nitrogens with one attached hydrogen (secondary N) is 1. The molecule has 18 heteroatoms. The van der Waals surface area contributed by atoms with Crippen LogP contribution in [-0.4, -0.2) is 67.2 Å². The third-order valence-corrected chi connectivity index (χ3v) is 7.25. The molecule has 1 atom stereocenters. The highest BCUT2D eigenvalue weighted by Crippen LogP contribution is 2.33. The molecule has 238 valence electrons. The first-order chi connectivity index (χ1) is 20.6. The van der Waals surface area contributed by atoms with Gasteiger partial charge in [0, 0.05) is 18.9 Å². The molecule has 1 aromatic heterocycles. The van der Waals surface area contributed by atoms with Crippen molar-refractivity contribution in [2.45, 2.75) is 44.1 Å². The summed E-state index contributed by atoms with van der Waals surface area (Å²) in [7, 11) is -1.92. The molecule has 0 radical (unpaired) electrons. The van der Waals surface area contributed by atoms with Crippen LogP contribution in [0.15, 0.2) is 64.8 Å². The lowest BCUT2D eigenvalue weighted by Gasteiger charge is -2.14. The zero-order valence-electron chi connectivity index (χ0n) is 23.9. The van der Waals surface area contributed by atoms with Crippen LogP contribution in [0.25, 0.3) is 16.9 Å². The van der Waals surface area contributed by atoms with Gasteiger partial charge in [-0.05, 0) is 43.7 Å². The number of hydrazine groups is 1. The maximum absolute atomic E-state index is 13.5. The second-order valence-corrected chi connectivity index (χ2v) is 11.0. The first kappa shape index (κ1) is 33.6. The molecular formula is C26H29F3N6O8S. The molecule has 44 heavy (non-hydrogen) atoms. The Morgan fingerprint density at radius 2 is 1.80 bits per heavy atom. The van der Waals surface area contributed by atoms with Crippen LogP contribution in [-0.2, 0) is 35.3 Å². The molecule has 1 heterocycles. The lowest BCUT2D eigenvalue weighted by Crippen LogP contribution is -2.32. The van der Waals surface area contributed by atoms with E-state index in [4.69, 9.17) is 0 Å². The summed E-state index contributed by atoms with van der Waals surface area (Å²) in [4.78, 5) is 27.7. The van der Waals surface area contributed by atoms with Crippen LogP contribution >= 0.6 is 0 Å². The number of benzene rings is 2. The third-order valence-electron chi connectivity index (χ3n) is 5.86. The highest BCUT2D eigenvalue weighted by Gasteiger charge is 2.35. The maximum atomic E-state index is 13.5. The van der Waals surface area contributed by atoms with E-state index in [1.165, 1.54) is 26.1 Å². The average molecular weight is 643 g/mol. The van der Waals surface area contributed by atoms with E-state index in [1.807, 2.05) is 11.6 Å². The van der Waals surface area contributed by atoms with Crippen LogP contribution in [0.1, 0.15) is 31.0 Å². The van der Waals surface area contributed by atoms with Crippen LogP contribution in [0.3, 0.4) is 0 Å². The largest absolute Gasteiger partial charge is 0.569 e. The van der Waals surface area contributed by atoms with E-state index in [2.05, 4.69) is 24.7 Å². The zero-order valence-corrected chi connectivity index (χ0v) is 24.8. The second kappa shape index (κ2) is 14.1. The Bertz CT molecular complexity index is 1590. The predicted octanol–water partition coefficient (Wildman–Crippen LogP) is 4.32. The fourth-order valence-electron chi connectivity index (χ4n) is 3.60. The van der Waals surface area contributed by atoms with Gasteiger partial charge in [0.1, 0.15) is 0 Å². The summed E-state index contributed by atoms with van der Waals surface area (Å²) in [5.74, 6) is -0.864. The lowest BCUT2D eigenvalue weighted by atomic mass is 10.1. The average Bonchev–Trinajstić information content (AvgIpc) is 3.42. The fraction of sp³-hybridized carbons (Fsp3) is 0.346. The first-order valence-corrected chi connectivity index (χ1v) is 14.3. The normalized spacial score (nSPS) is 12.8. The molecule has 0 aliphatic carbocycles. The van der Waals surface area contributed by atoms with Gasteiger partial charge in [-0.15, -0.1) is 5.01 Å². The van der Waals surface area contributed by atoms with Crippen molar-refractivity contribution in [1.29, 1.82) is 0 Å². The Balaban J connectivity index is 1.63. The zero-order chi connectivity index (χ0) is 32.7. The van der Waals surface area contributed by atoms with E-state index >= 15 is 0 Å². The topological polar surface area (TPSA) is 167 Å². The Labute approximate surface area is 250 Å². The quantitative estimate of drug-likeness (QED) is 0.0988. The lowest BCUT2D eigenvalue weighted by molar-refractivity contribution is -0.707. The van der Waals surface area contributed by atoms with Gasteiger partial charge in [0.15, 0.2) is 5.69 Å². The van der Waals surface area contributed by atoms with E-state index in [0.717, 1.165) is 40.6 Å². The molecule has 1 N–H and O–H groups in total. The molecule has 14 nitrogen and oxygen atoms in total. The van der Waals surface area contributed by atoms with E-state index in [0.29, 0.717) is 5.56 Å². The number of amides is 1. The van der Waals surface area contributed by atoms with Crippen molar-refractivity contribution in [2.75, 3.05) is 20.7 Å². The van der Waals surface area contributed by atoms with E-state index in [1.54, 1.807) is 24.3 Å². The van der Waals surface area contributed by atoms with Gasteiger partial charge in [-0.25, -0.2) is 22.6 Å². The highest BCUT2D eigenvalue weighted by atomic mass is 32.2. The molecule has 0 aliphatic heterocycles. The minimum atomic E-state index is -4.71. The van der Waals surface area contributed by atoms with Gasteiger partial charge < -0.3 is 14.7 Å². The SMILES string of the molecule is COC(=O)OC(C)ON=[N+]([O-])N(C)CCCC(=O)NS(=O)(=O)c1ccc(-n2nc(C(F)(F)F)cc2-c2ccc(C)cc2)cc1. The summed E-state index contributed by atoms with van der Waals surface area (Å²) in [6.45, 7) is 3.09. The van der Waals surface area contributed by atoms with Crippen molar-refractivity contribution in [3.8, 4) is 16.9 Å². The summed E-state index contributed by atoms with van der Waals surface area (Å²) in [6.07, 6.45) is -7.21.